The average Bonchev–Trinajstić information content (AvgIpc) is 4.03. The number of fused-ring (bicyclic) bond motifs is 7. The third-order valence-corrected chi connectivity index (χ3v) is 11.3. The predicted octanol–water partition coefficient (Wildman–Crippen LogP) is 13.0. The zero-order chi connectivity index (χ0) is 41.1. The van der Waals surface area contributed by atoms with Crippen LogP contribution in [-0.2, 0) is 27.2 Å². The van der Waals surface area contributed by atoms with Gasteiger partial charge in [-0.05, 0) is 81.9 Å². The molecule has 0 atom stereocenters. The van der Waals surface area contributed by atoms with Crippen molar-refractivity contribution in [2.45, 2.75) is 39.5 Å². The zero-order valence-corrected chi connectivity index (χ0v) is 36.9. The van der Waals surface area contributed by atoms with E-state index >= 15 is 0 Å². The van der Waals surface area contributed by atoms with Crippen LogP contribution in [0.25, 0.3) is 89.1 Å². The maximum Gasteiger partial charge on any atom is 0.246 e. The van der Waals surface area contributed by atoms with Crippen LogP contribution in [0.3, 0.4) is 0 Å². The van der Waals surface area contributed by atoms with Crippen molar-refractivity contribution >= 4 is 49.8 Å². The number of phenols is 1. The van der Waals surface area contributed by atoms with Crippen LogP contribution in [0, 0.1) is 12.4 Å². The van der Waals surface area contributed by atoms with E-state index in [1.54, 1.807) is 27.3 Å². The molecule has 4 aromatic heterocycles. The van der Waals surface area contributed by atoms with Gasteiger partial charge in [0.15, 0.2) is 0 Å². The first-order valence-electron chi connectivity index (χ1n) is 20.4. The van der Waals surface area contributed by atoms with Gasteiger partial charge in [-0.25, -0.2) is 0 Å². The van der Waals surface area contributed by atoms with Crippen molar-refractivity contribution in [3.63, 3.8) is 0 Å². The van der Waals surface area contributed by atoms with E-state index < -0.39 is 0 Å². The second-order valence-corrected chi connectivity index (χ2v) is 15.9. The molecular weight excluding hydrogens is 933 g/mol. The Morgan fingerprint density at radius 1 is 0.689 bits per heavy atom. The van der Waals surface area contributed by atoms with Crippen LogP contribution in [0.15, 0.2) is 161 Å². The summed E-state index contributed by atoms with van der Waals surface area (Å²) < 4.78 is 18.1. The largest absolute Gasteiger partial charge is 0.513 e. The van der Waals surface area contributed by atoms with Gasteiger partial charge in [0.25, 0.3) is 0 Å². The molecule has 1 radical (unpaired) electrons. The number of aromatic hydroxyl groups is 1. The van der Waals surface area contributed by atoms with Gasteiger partial charge in [-0.2, -0.15) is 0 Å². The smallest absolute Gasteiger partial charge is 0.246 e. The molecule has 8 heteroatoms. The maximum atomic E-state index is 9.66. The summed E-state index contributed by atoms with van der Waals surface area (Å²) in [4.78, 5) is 5.34. The minimum absolute atomic E-state index is 0. The number of rotatable bonds is 6. The molecular formula is C53H43IrN4O3-. The van der Waals surface area contributed by atoms with E-state index in [0.717, 1.165) is 55.5 Å². The Morgan fingerprint density at radius 3 is 2.05 bits per heavy atom. The standard InChI is InChI=1S/C43H35N2O.C10H8N2O2.Ir/c1-27(2)35-25-31(29-15-7-5-8-16-29)26-36(28(3)4)41(35)45-38-21-13-12-20-37(38)44-43(45)34-24-23-32(30-17-9-6-10-18-30)40-33-19-11-14-22-39(33)46-42(34)40;1-11-5-9-12(6-11)10-7(13)3-2-4-8(10)14-9;/h5-23,25-28H,1-4H3;2-5,13H,1H3;/q-1;;. The summed E-state index contributed by atoms with van der Waals surface area (Å²) >= 11 is 0. The molecule has 0 amide bonds. The summed E-state index contributed by atoms with van der Waals surface area (Å²) in [5, 5.41) is 11.8. The van der Waals surface area contributed by atoms with Crippen molar-refractivity contribution in [3.8, 4) is 45.1 Å². The third-order valence-electron chi connectivity index (χ3n) is 11.3. The van der Waals surface area contributed by atoms with Crippen LogP contribution >= 0.6 is 0 Å². The fraction of sp³-hybridized carbons (Fsp3) is 0.132. The van der Waals surface area contributed by atoms with Crippen LogP contribution in [-0.4, -0.2) is 19.1 Å². The normalized spacial score (nSPS) is 11.6. The topological polar surface area (TPSA) is 72.6 Å². The molecule has 0 spiro atoms. The number of para-hydroxylation sites is 4. The molecule has 0 aliphatic carbocycles. The summed E-state index contributed by atoms with van der Waals surface area (Å²) in [6.45, 7) is 9.15. The van der Waals surface area contributed by atoms with Gasteiger partial charge < -0.3 is 23.1 Å². The summed E-state index contributed by atoms with van der Waals surface area (Å²) in [5.74, 6) is 1.59. The Hall–Kier alpha value is -6.73. The Kier molecular flexibility index (Phi) is 10.4. The monoisotopic (exact) mass is 976 g/mol. The van der Waals surface area contributed by atoms with Crippen LogP contribution < -0.4 is 4.57 Å². The van der Waals surface area contributed by atoms with Crippen molar-refractivity contribution in [1.29, 1.82) is 0 Å². The SMILES string of the molecule is CC(C)c1cc(-c2ccccc2)cc(C(C)C)c1-n1c(-c2[c-]cc(-c3ccccc3)c3c2oc2ccccc23)nc2ccccc21.C[n+]1[c-]n2c(c1)oc1cccc(O)c12.[Ir]. The van der Waals surface area contributed by atoms with Gasteiger partial charge in [-0.3, -0.25) is 9.38 Å². The summed E-state index contributed by atoms with van der Waals surface area (Å²) in [6, 6.07) is 53.7. The molecule has 0 aliphatic heterocycles. The number of aryl methyl sites for hydroxylation is 1. The minimum Gasteiger partial charge on any atom is -0.513 e. The molecule has 7 nitrogen and oxygen atoms in total. The number of benzene rings is 7. The summed E-state index contributed by atoms with van der Waals surface area (Å²) in [5.41, 5.74) is 15.0. The van der Waals surface area contributed by atoms with Gasteiger partial charge in [0.1, 0.15) is 22.4 Å². The van der Waals surface area contributed by atoms with E-state index in [9.17, 15) is 5.11 Å². The molecule has 11 rings (SSSR count). The van der Waals surface area contributed by atoms with E-state index in [1.165, 1.54) is 27.9 Å². The molecule has 4 heterocycles. The fourth-order valence-electron chi connectivity index (χ4n) is 8.44. The van der Waals surface area contributed by atoms with Gasteiger partial charge in [0.2, 0.25) is 12.0 Å². The second kappa shape index (κ2) is 16.0. The molecule has 0 bridgehead atoms. The predicted molar refractivity (Wildman–Crippen MR) is 241 cm³/mol. The summed E-state index contributed by atoms with van der Waals surface area (Å²) in [7, 11) is 1.86. The number of phenolic OH excluding ortho intramolecular Hbond substituents is 1. The number of aromatic nitrogens is 4. The number of oxazole rings is 1. The Bertz CT molecular complexity index is 3330. The van der Waals surface area contributed by atoms with Crippen molar-refractivity contribution in [1.82, 2.24) is 14.0 Å². The number of hydrogen-bond acceptors (Lipinski definition) is 4. The molecule has 303 valence electrons. The van der Waals surface area contributed by atoms with Crippen LogP contribution in [0.4, 0.5) is 0 Å². The Morgan fingerprint density at radius 2 is 1.33 bits per heavy atom. The third kappa shape index (κ3) is 6.92. The first-order chi connectivity index (χ1) is 29.2. The van der Waals surface area contributed by atoms with Gasteiger partial charge in [-0.1, -0.05) is 141 Å². The molecule has 11 aromatic rings. The van der Waals surface area contributed by atoms with E-state index in [0.29, 0.717) is 16.8 Å². The van der Waals surface area contributed by atoms with Gasteiger partial charge in [0, 0.05) is 31.2 Å². The number of imidazole rings is 2. The van der Waals surface area contributed by atoms with Gasteiger partial charge >= 0.3 is 0 Å². The van der Waals surface area contributed by atoms with Crippen molar-refractivity contribution < 1.29 is 38.6 Å². The zero-order valence-electron chi connectivity index (χ0n) is 34.5. The first kappa shape index (κ1) is 39.7. The van der Waals surface area contributed by atoms with Crippen molar-refractivity contribution in [3.05, 3.63) is 175 Å². The molecule has 0 unspecified atom stereocenters. The van der Waals surface area contributed by atoms with Crippen LogP contribution in [0.1, 0.15) is 50.7 Å². The molecule has 0 saturated heterocycles. The Labute approximate surface area is 367 Å². The minimum atomic E-state index is 0. The molecule has 1 N–H and O–H groups in total. The molecule has 7 aromatic carbocycles. The Balaban J connectivity index is 0.000000267. The van der Waals surface area contributed by atoms with E-state index in [2.05, 4.69) is 160 Å². The fourth-order valence-corrected chi connectivity index (χ4v) is 8.44. The average molecular weight is 976 g/mol. The number of furan rings is 1. The quantitative estimate of drug-likeness (QED) is 0.133. The maximum absolute atomic E-state index is 9.66. The van der Waals surface area contributed by atoms with Crippen LogP contribution in [0.2, 0.25) is 0 Å². The molecule has 0 saturated carbocycles. The number of nitrogens with zero attached hydrogens (tertiary/aromatic N) is 4. The van der Waals surface area contributed by atoms with Gasteiger partial charge in [0.05, 0.1) is 35.7 Å². The number of hydrogen-bond donors (Lipinski definition) is 1. The van der Waals surface area contributed by atoms with E-state index in [4.69, 9.17) is 13.8 Å². The second-order valence-electron chi connectivity index (χ2n) is 15.9. The van der Waals surface area contributed by atoms with Crippen molar-refractivity contribution in [2.24, 2.45) is 7.05 Å². The van der Waals surface area contributed by atoms with E-state index in [1.807, 2.05) is 25.2 Å². The summed E-state index contributed by atoms with van der Waals surface area (Å²) in [6.07, 6.45) is 4.81. The molecule has 61 heavy (non-hydrogen) atoms. The van der Waals surface area contributed by atoms with Crippen molar-refractivity contribution in [2.75, 3.05) is 0 Å². The molecule has 0 aliphatic rings. The van der Waals surface area contributed by atoms with E-state index in [-0.39, 0.29) is 37.7 Å². The van der Waals surface area contributed by atoms with Crippen LogP contribution in [0.5, 0.6) is 5.75 Å². The first-order valence-corrected chi connectivity index (χ1v) is 20.4. The molecule has 0 fully saturated rings. The van der Waals surface area contributed by atoms with Gasteiger partial charge in [-0.15, -0.1) is 12.1 Å².